The van der Waals surface area contributed by atoms with Gasteiger partial charge in [0, 0.05) is 0 Å². The summed E-state index contributed by atoms with van der Waals surface area (Å²) in [6, 6.07) is 18.2. The van der Waals surface area contributed by atoms with E-state index in [0.717, 1.165) is 22.4 Å². The quantitative estimate of drug-likeness (QED) is 0.352. The topological polar surface area (TPSA) is 71.0 Å². The van der Waals surface area contributed by atoms with Crippen molar-refractivity contribution in [3.8, 4) is 5.75 Å². The first-order chi connectivity index (χ1) is 17.2. The molecule has 184 valence electrons. The molecule has 0 aromatic heterocycles. The summed E-state index contributed by atoms with van der Waals surface area (Å²) in [4.78, 5) is 32.3. The van der Waals surface area contributed by atoms with Crippen LogP contribution in [0.3, 0.4) is 0 Å². The Kier molecular flexibility index (Phi) is 8.04. The van der Waals surface area contributed by atoms with Crippen LogP contribution in [0.1, 0.15) is 16.7 Å². The van der Waals surface area contributed by atoms with Gasteiger partial charge >= 0.3 is 0 Å². The van der Waals surface area contributed by atoms with Gasteiger partial charge in [0.05, 0.1) is 34.3 Å². The number of amides is 2. The number of rotatable bonds is 6. The molecule has 6 nitrogen and oxygen atoms in total. The Morgan fingerprint density at radius 3 is 2.44 bits per heavy atom. The number of carbonyl (C=O) groups excluding carboxylic acids is 2. The van der Waals surface area contributed by atoms with Gasteiger partial charge in [0.1, 0.15) is 11.4 Å². The number of carbonyl (C=O) groups is 2. The van der Waals surface area contributed by atoms with Crippen molar-refractivity contribution in [1.82, 2.24) is 0 Å². The van der Waals surface area contributed by atoms with Crippen molar-refractivity contribution in [2.75, 3.05) is 23.1 Å². The van der Waals surface area contributed by atoms with E-state index < -0.39 is 0 Å². The van der Waals surface area contributed by atoms with Gasteiger partial charge < -0.3 is 10.1 Å². The van der Waals surface area contributed by atoms with E-state index in [1.54, 1.807) is 36.3 Å². The number of methoxy groups -OCH3 is 1. The number of aryl methyl sites for hydroxylation is 2. The van der Waals surface area contributed by atoms with Crippen LogP contribution in [-0.4, -0.2) is 29.8 Å². The molecular weight excluding hydrogens is 517 g/mol. The van der Waals surface area contributed by atoms with Crippen LogP contribution in [0.4, 0.5) is 11.4 Å². The average Bonchev–Trinajstić information content (AvgIpc) is 3.15. The van der Waals surface area contributed by atoms with E-state index in [-0.39, 0.29) is 28.3 Å². The Hall–Kier alpha value is -3.26. The number of ether oxygens (including phenoxy) is 1. The molecule has 0 unspecified atom stereocenters. The highest BCUT2D eigenvalue weighted by molar-refractivity contribution is 8.14. The lowest BCUT2D eigenvalue weighted by Crippen LogP contribution is -2.31. The summed E-state index contributed by atoms with van der Waals surface area (Å²) in [5.41, 5.74) is 4.24. The zero-order valence-electron chi connectivity index (χ0n) is 19.8. The molecule has 4 rings (SSSR count). The summed E-state index contributed by atoms with van der Waals surface area (Å²) < 4.78 is 5.21. The summed E-state index contributed by atoms with van der Waals surface area (Å²) in [5, 5.41) is 3.79. The molecule has 1 N–H and O–H groups in total. The molecule has 3 aromatic rings. The maximum Gasteiger partial charge on any atom is 0.283 e. The first kappa shape index (κ1) is 25.8. The standard InChI is InChI=1S/C27H23Cl2N3O3S/c1-16-11-17(2)13-19(12-16)32-26(34)23(14-18-7-9-20(35-3)10-8-18)31-27(32)36-15-24(33)30-22-6-4-5-21(28)25(22)29/h4-14H,15H2,1-3H3,(H,30,33)/b23-14-. The molecular formula is C27H23Cl2N3O3S. The molecule has 0 fully saturated rings. The Labute approximate surface area is 224 Å². The van der Waals surface area contributed by atoms with E-state index in [1.165, 1.54) is 11.8 Å². The maximum atomic E-state index is 13.5. The van der Waals surface area contributed by atoms with Gasteiger partial charge in [-0.05, 0) is 73.0 Å². The highest BCUT2D eigenvalue weighted by Crippen LogP contribution is 2.32. The van der Waals surface area contributed by atoms with Gasteiger partial charge in [0.25, 0.3) is 5.91 Å². The Morgan fingerprint density at radius 1 is 1.08 bits per heavy atom. The van der Waals surface area contributed by atoms with E-state index in [1.807, 2.05) is 56.3 Å². The number of thioether (sulfide) groups is 1. The SMILES string of the molecule is COc1ccc(/C=C2\N=C(SCC(=O)Nc3cccc(Cl)c3Cl)N(c3cc(C)cc(C)c3)C2=O)cc1. The lowest BCUT2D eigenvalue weighted by molar-refractivity contribution is -0.114. The molecule has 1 heterocycles. The van der Waals surface area contributed by atoms with E-state index in [0.29, 0.717) is 21.6 Å². The van der Waals surface area contributed by atoms with Crippen molar-refractivity contribution in [2.24, 2.45) is 4.99 Å². The van der Waals surface area contributed by atoms with Crippen molar-refractivity contribution in [3.63, 3.8) is 0 Å². The molecule has 0 saturated heterocycles. The summed E-state index contributed by atoms with van der Waals surface area (Å²) in [7, 11) is 1.60. The fourth-order valence-electron chi connectivity index (χ4n) is 3.68. The molecule has 2 amide bonds. The Bertz CT molecular complexity index is 1370. The van der Waals surface area contributed by atoms with Crippen LogP contribution in [0.15, 0.2) is 71.4 Å². The lowest BCUT2D eigenvalue weighted by atomic mass is 10.1. The number of anilines is 2. The number of amidine groups is 1. The van der Waals surface area contributed by atoms with Crippen molar-refractivity contribution < 1.29 is 14.3 Å². The molecule has 3 aromatic carbocycles. The smallest absolute Gasteiger partial charge is 0.283 e. The molecule has 1 aliphatic rings. The summed E-state index contributed by atoms with van der Waals surface area (Å²) in [6.07, 6.45) is 1.72. The van der Waals surface area contributed by atoms with E-state index in [2.05, 4.69) is 10.3 Å². The zero-order chi connectivity index (χ0) is 25.8. The monoisotopic (exact) mass is 539 g/mol. The first-order valence-electron chi connectivity index (χ1n) is 11.0. The molecule has 0 atom stereocenters. The summed E-state index contributed by atoms with van der Waals surface area (Å²) >= 11 is 13.4. The Morgan fingerprint density at radius 2 is 1.78 bits per heavy atom. The third-order valence-corrected chi connectivity index (χ3v) is 7.03. The van der Waals surface area contributed by atoms with Crippen LogP contribution in [-0.2, 0) is 9.59 Å². The van der Waals surface area contributed by atoms with E-state index in [9.17, 15) is 9.59 Å². The van der Waals surface area contributed by atoms with Gasteiger partial charge in [-0.3, -0.25) is 14.5 Å². The number of aliphatic imine (C=N–C) groups is 1. The van der Waals surface area contributed by atoms with Gasteiger partial charge in [-0.25, -0.2) is 4.99 Å². The van der Waals surface area contributed by atoms with Gasteiger partial charge in [0.15, 0.2) is 5.17 Å². The highest BCUT2D eigenvalue weighted by atomic mass is 35.5. The van der Waals surface area contributed by atoms with Crippen molar-refractivity contribution in [3.05, 3.63) is 93.1 Å². The van der Waals surface area contributed by atoms with Gasteiger partial charge in [-0.15, -0.1) is 0 Å². The number of hydrogen-bond donors (Lipinski definition) is 1. The van der Waals surface area contributed by atoms with Crippen LogP contribution in [0.2, 0.25) is 10.0 Å². The van der Waals surface area contributed by atoms with Crippen molar-refractivity contribution >= 4 is 69.4 Å². The zero-order valence-corrected chi connectivity index (χ0v) is 22.2. The van der Waals surface area contributed by atoms with E-state index >= 15 is 0 Å². The van der Waals surface area contributed by atoms with Crippen LogP contribution in [0.25, 0.3) is 6.08 Å². The molecule has 36 heavy (non-hydrogen) atoms. The second kappa shape index (κ2) is 11.2. The molecule has 0 bridgehead atoms. The fraction of sp³-hybridized carbons (Fsp3) is 0.148. The van der Waals surface area contributed by atoms with Crippen molar-refractivity contribution in [1.29, 1.82) is 0 Å². The van der Waals surface area contributed by atoms with E-state index in [4.69, 9.17) is 27.9 Å². The largest absolute Gasteiger partial charge is 0.497 e. The average molecular weight is 540 g/mol. The molecule has 0 radical (unpaired) electrons. The third-order valence-electron chi connectivity index (χ3n) is 5.27. The Balaban J connectivity index is 1.60. The molecule has 1 aliphatic heterocycles. The minimum atomic E-state index is -0.299. The van der Waals surface area contributed by atoms with Gasteiger partial charge in [-0.1, -0.05) is 59.2 Å². The summed E-state index contributed by atoms with van der Waals surface area (Å²) in [6.45, 7) is 3.94. The second-order valence-corrected chi connectivity index (χ2v) is 9.85. The number of hydrogen-bond acceptors (Lipinski definition) is 5. The van der Waals surface area contributed by atoms with Gasteiger partial charge in [0.2, 0.25) is 5.91 Å². The van der Waals surface area contributed by atoms with Crippen LogP contribution in [0, 0.1) is 13.8 Å². The maximum absolute atomic E-state index is 13.5. The highest BCUT2D eigenvalue weighted by Gasteiger charge is 2.32. The second-order valence-electron chi connectivity index (χ2n) is 8.12. The number of benzene rings is 3. The van der Waals surface area contributed by atoms with Crippen molar-refractivity contribution in [2.45, 2.75) is 13.8 Å². The molecule has 9 heteroatoms. The van der Waals surface area contributed by atoms with Gasteiger partial charge in [-0.2, -0.15) is 0 Å². The molecule has 0 aliphatic carbocycles. The lowest BCUT2D eigenvalue weighted by Gasteiger charge is -2.19. The van der Waals surface area contributed by atoms with Crippen LogP contribution in [0.5, 0.6) is 5.75 Å². The molecule has 0 spiro atoms. The van der Waals surface area contributed by atoms with Crippen LogP contribution < -0.4 is 15.0 Å². The summed E-state index contributed by atoms with van der Waals surface area (Å²) in [5.74, 6) is 0.174. The minimum Gasteiger partial charge on any atom is -0.497 e. The first-order valence-corrected chi connectivity index (χ1v) is 12.7. The number of halogens is 2. The third kappa shape index (κ3) is 5.93. The minimum absolute atomic E-state index is 0.0199. The fourth-order valence-corrected chi connectivity index (χ4v) is 4.84. The number of nitrogens with zero attached hydrogens (tertiary/aromatic N) is 2. The predicted molar refractivity (Wildman–Crippen MR) is 149 cm³/mol. The normalized spacial score (nSPS) is 14.2. The van der Waals surface area contributed by atoms with Crippen LogP contribution >= 0.6 is 35.0 Å². The molecule has 0 saturated carbocycles. The number of nitrogens with one attached hydrogen (secondary N) is 1. The predicted octanol–water partition coefficient (Wildman–Crippen LogP) is 6.73.